The molecule has 0 aromatic rings. The van der Waals surface area contributed by atoms with Crippen molar-refractivity contribution in [2.45, 2.75) is 44.6 Å². The number of rotatable bonds is 3. The van der Waals surface area contributed by atoms with Gasteiger partial charge < -0.3 is 4.74 Å². The Hall–Kier alpha value is -0.570. The molecule has 1 saturated carbocycles. The second-order valence-electron chi connectivity index (χ2n) is 5.98. The number of carbonyl (C=O) groups excluding carboxylic acids is 1. The summed E-state index contributed by atoms with van der Waals surface area (Å²) in [5.74, 6) is 2.65. The Morgan fingerprint density at radius 1 is 1.24 bits per heavy atom. The van der Waals surface area contributed by atoms with Gasteiger partial charge in [0.05, 0.1) is 7.11 Å². The van der Waals surface area contributed by atoms with Crippen LogP contribution in [0.1, 0.15) is 38.5 Å². The normalized spacial score (nSPS) is 43.5. The van der Waals surface area contributed by atoms with E-state index in [1.165, 1.54) is 45.9 Å². The van der Waals surface area contributed by atoms with E-state index in [1.807, 2.05) is 0 Å². The first-order valence-corrected chi connectivity index (χ1v) is 7.10. The third-order valence-electron chi connectivity index (χ3n) is 5.34. The van der Waals surface area contributed by atoms with Crippen LogP contribution in [-0.2, 0) is 9.53 Å². The highest BCUT2D eigenvalue weighted by Crippen LogP contribution is 2.49. The molecule has 3 atom stereocenters. The molecule has 3 aliphatic heterocycles. The van der Waals surface area contributed by atoms with E-state index in [4.69, 9.17) is 4.74 Å². The summed E-state index contributed by atoms with van der Waals surface area (Å²) < 4.78 is 4.76. The molecule has 1 aliphatic carbocycles. The molecule has 3 unspecified atom stereocenters. The fraction of sp³-hybridized carbons (Fsp3) is 0.929. The van der Waals surface area contributed by atoms with Gasteiger partial charge in [0.2, 0.25) is 0 Å². The van der Waals surface area contributed by atoms with Gasteiger partial charge in [-0.05, 0) is 62.9 Å². The van der Waals surface area contributed by atoms with Crippen LogP contribution < -0.4 is 0 Å². The van der Waals surface area contributed by atoms with E-state index in [1.54, 1.807) is 0 Å². The number of methoxy groups -OCH3 is 1. The van der Waals surface area contributed by atoms with E-state index in [9.17, 15) is 4.79 Å². The number of hydrogen-bond acceptors (Lipinski definition) is 3. The number of hydrogen-bond donors (Lipinski definition) is 0. The van der Waals surface area contributed by atoms with Crippen molar-refractivity contribution >= 4 is 5.97 Å². The first kappa shape index (κ1) is 11.5. The number of fused-ring (bicyclic) bond motifs is 2. The highest BCUT2D eigenvalue weighted by molar-refractivity contribution is 5.69. The molecule has 17 heavy (non-hydrogen) atoms. The maximum absolute atomic E-state index is 11.3. The molecule has 4 fully saturated rings. The van der Waals surface area contributed by atoms with E-state index in [0.717, 1.165) is 30.2 Å². The molecule has 3 heterocycles. The van der Waals surface area contributed by atoms with Crippen LogP contribution in [0, 0.1) is 17.8 Å². The molecule has 0 aromatic heterocycles. The number of piperidine rings is 3. The monoisotopic (exact) mass is 237 g/mol. The summed E-state index contributed by atoms with van der Waals surface area (Å²) >= 11 is 0. The molecule has 0 spiro atoms. The van der Waals surface area contributed by atoms with Gasteiger partial charge >= 0.3 is 5.97 Å². The lowest BCUT2D eigenvalue weighted by atomic mass is 9.73. The van der Waals surface area contributed by atoms with E-state index in [-0.39, 0.29) is 5.97 Å². The van der Waals surface area contributed by atoms with E-state index < -0.39 is 0 Å². The SMILES string of the molecule is COC(=O)CCC1CCC2C3CCN(CC3)C12. The molecule has 96 valence electrons. The highest BCUT2D eigenvalue weighted by atomic mass is 16.5. The zero-order valence-electron chi connectivity index (χ0n) is 10.7. The van der Waals surface area contributed by atoms with Crippen LogP contribution in [0.5, 0.6) is 0 Å². The Labute approximate surface area is 104 Å². The van der Waals surface area contributed by atoms with Gasteiger partial charge in [-0.25, -0.2) is 0 Å². The summed E-state index contributed by atoms with van der Waals surface area (Å²) in [6.45, 7) is 2.61. The topological polar surface area (TPSA) is 29.5 Å². The second kappa shape index (κ2) is 4.60. The van der Waals surface area contributed by atoms with E-state index in [2.05, 4.69) is 4.90 Å². The van der Waals surface area contributed by atoms with Crippen LogP contribution in [0.3, 0.4) is 0 Å². The van der Waals surface area contributed by atoms with Crippen molar-refractivity contribution in [1.29, 1.82) is 0 Å². The highest BCUT2D eigenvalue weighted by Gasteiger charge is 2.48. The Kier molecular flexibility index (Phi) is 3.12. The average molecular weight is 237 g/mol. The average Bonchev–Trinajstić information content (AvgIpc) is 2.83. The summed E-state index contributed by atoms with van der Waals surface area (Å²) in [5, 5.41) is 0. The quantitative estimate of drug-likeness (QED) is 0.704. The maximum Gasteiger partial charge on any atom is 0.305 e. The number of nitrogens with zero attached hydrogens (tertiary/aromatic N) is 1. The van der Waals surface area contributed by atoms with Gasteiger partial charge in [-0.1, -0.05) is 0 Å². The second-order valence-corrected chi connectivity index (χ2v) is 5.98. The smallest absolute Gasteiger partial charge is 0.305 e. The van der Waals surface area contributed by atoms with Crippen molar-refractivity contribution in [2.24, 2.45) is 17.8 Å². The van der Waals surface area contributed by atoms with Crippen LogP contribution in [0.2, 0.25) is 0 Å². The van der Waals surface area contributed by atoms with E-state index in [0.29, 0.717) is 6.42 Å². The van der Waals surface area contributed by atoms with Crippen molar-refractivity contribution in [2.75, 3.05) is 20.2 Å². The fourth-order valence-electron chi connectivity index (χ4n) is 4.55. The van der Waals surface area contributed by atoms with Crippen LogP contribution >= 0.6 is 0 Å². The van der Waals surface area contributed by atoms with Crippen molar-refractivity contribution in [1.82, 2.24) is 4.90 Å². The predicted octanol–water partition coefficient (Wildman–Crippen LogP) is 2.06. The molecule has 0 amide bonds. The zero-order valence-corrected chi connectivity index (χ0v) is 10.7. The Morgan fingerprint density at radius 2 is 2.00 bits per heavy atom. The molecular formula is C14H23NO2. The third kappa shape index (κ3) is 1.99. The van der Waals surface area contributed by atoms with Crippen molar-refractivity contribution in [3.05, 3.63) is 0 Å². The molecule has 3 heteroatoms. The largest absolute Gasteiger partial charge is 0.469 e. The molecule has 3 saturated heterocycles. The van der Waals surface area contributed by atoms with Gasteiger partial charge in [0, 0.05) is 12.5 Å². The van der Waals surface area contributed by atoms with E-state index >= 15 is 0 Å². The van der Waals surface area contributed by atoms with Gasteiger partial charge in [-0.2, -0.15) is 0 Å². The van der Waals surface area contributed by atoms with Crippen LogP contribution in [-0.4, -0.2) is 37.1 Å². The van der Waals surface area contributed by atoms with Gasteiger partial charge in [-0.3, -0.25) is 9.69 Å². The summed E-state index contributed by atoms with van der Waals surface area (Å²) in [7, 11) is 1.49. The maximum atomic E-state index is 11.3. The van der Waals surface area contributed by atoms with Crippen molar-refractivity contribution < 1.29 is 9.53 Å². The summed E-state index contributed by atoms with van der Waals surface area (Å²) in [6.07, 6.45) is 7.23. The van der Waals surface area contributed by atoms with Crippen molar-refractivity contribution in [3.8, 4) is 0 Å². The molecule has 0 N–H and O–H groups in total. The van der Waals surface area contributed by atoms with Gasteiger partial charge in [-0.15, -0.1) is 0 Å². The van der Waals surface area contributed by atoms with Crippen LogP contribution in [0.15, 0.2) is 0 Å². The minimum absolute atomic E-state index is 0.0376. The van der Waals surface area contributed by atoms with Gasteiger partial charge in [0.1, 0.15) is 0 Å². The Bertz CT molecular complexity index is 297. The number of carbonyl (C=O) groups is 1. The van der Waals surface area contributed by atoms with Crippen LogP contribution in [0.4, 0.5) is 0 Å². The predicted molar refractivity (Wildman–Crippen MR) is 65.5 cm³/mol. The van der Waals surface area contributed by atoms with Crippen molar-refractivity contribution in [3.63, 3.8) is 0 Å². The summed E-state index contributed by atoms with van der Waals surface area (Å²) in [4.78, 5) is 14.0. The summed E-state index contributed by atoms with van der Waals surface area (Å²) in [6, 6.07) is 0.798. The number of esters is 1. The first-order valence-electron chi connectivity index (χ1n) is 7.10. The third-order valence-corrected chi connectivity index (χ3v) is 5.34. The lowest BCUT2D eigenvalue weighted by molar-refractivity contribution is -0.141. The standard InChI is InChI=1S/C14H23NO2/c1-17-13(16)5-3-11-2-4-12-10-6-8-15(9-7-10)14(11)12/h10-12,14H,2-9H2,1H3. The fourth-order valence-corrected chi connectivity index (χ4v) is 4.55. The summed E-state index contributed by atoms with van der Waals surface area (Å²) in [5.41, 5.74) is 0. The van der Waals surface area contributed by atoms with Gasteiger partial charge in [0.15, 0.2) is 0 Å². The molecule has 0 radical (unpaired) electrons. The number of ether oxygens (including phenoxy) is 1. The minimum Gasteiger partial charge on any atom is -0.469 e. The first-order chi connectivity index (χ1) is 8.29. The molecule has 4 rings (SSSR count). The van der Waals surface area contributed by atoms with Crippen LogP contribution in [0.25, 0.3) is 0 Å². The lowest BCUT2D eigenvalue weighted by Gasteiger charge is -2.50. The Balaban J connectivity index is 1.62. The minimum atomic E-state index is -0.0376. The molecular weight excluding hydrogens is 214 g/mol. The Morgan fingerprint density at radius 3 is 2.71 bits per heavy atom. The molecule has 2 bridgehead atoms. The molecule has 4 aliphatic rings. The lowest BCUT2D eigenvalue weighted by Crippen LogP contribution is -2.54. The molecule has 3 nitrogen and oxygen atoms in total. The zero-order chi connectivity index (χ0) is 11.8. The van der Waals surface area contributed by atoms with Gasteiger partial charge in [0.25, 0.3) is 0 Å². The molecule has 0 aromatic carbocycles.